The number of fused-ring (bicyclic) bond motifs is 2. The lowest BCUT2D eigenvalue weighted by molar-refractivity contribution is -0.107. The summed E-state index contributed by atoms with van der Waals surface area (Å²) in [5.74, 6) is -4.12. The zero-order valence-corrected chi connectivity index (χ0v) is 29.3. The van der Waals surface area contributed by atoms with Gasteiger partial charge in [-0.2, -0.15) is 0 Å². The maximum atomic E-state index is 12.8. The molecule has 5 aromatic carbocycles. The van der Waals surface area contributed by atoms with Crippen LogP contribution < -0.4 is 29.6 Å². The molecule has 0 radical (unpaired) electrons. The van der Waals surface area contributed by atoms with Crippen LogP contribution in [0.25, 0.3) is 0 Å². The van der Waals surface area contributed by atoms with Crippen LogP contribution in [-0.2, 0) is 4.79 Å². The normalized spacial score (nSPS) is 12.9. The Morgan fingerprint density at radius 3 is 1.29 bits per heavy atom. The van der Waals surface area contributed by atoms with E-state index < -0.39 is 47.3 Å². The molecule has 278 valence electrons. The summed E-state index contributed by atoms with van der Waals surface area (Å²) in [6.07, 6.45) is 0.393. The van der Waals surface area contributed by atoms with Crippen molar-refractivity contribution in [3.05, 3.63) is 148 Å². The van der Waals surface area contributed by atoms with Gasteiger partial charge in [0, 0.05) is 0 Å². The zero-order chi connectivity index (χ0) is 39.9. The SMILES string of the molecule is CC(C)(N)N1C(=O)c2ccc(C(=O)Oc3ccc(C(=O)Oc4ccc(OC(=O)c5ccc(OC(=O)c6ccc7c(c6)C(=O)N7C=O)cc5)cc4)cc3)cc2C1=O. The van der Waals surface area contributed by atoms with Gasteiger partial charge >= 0.3 is 23.9 Å². The van der Waals surface area contributed by atoms with Crippen molar-refractivity contribution in [3.8, 4) is 23.0 Å². The molecule has 0 saturated heterocycles. The predicted molar refractivity (Wildman–Crippen MR) is 194 cm³/mol. The fourth-order valence-electron chi connectivity index (χ4n) is 5.78. The Balaban J connectivity index is 0.897. The van der Waals surface area contributed by atoms with Crippen LogP contribution in [0.3, 0.4) is 0 Å². The minimum absolute atomic E-state index is 0.0308. The molecule has 0 aromatic heterocycles. The predicted octanol–water partition coefficient (Wildman–Crippen LogP) is 4.97. The van der Waals surface area contributed by atoms with Crippen molar-refractivity contribution in [1.82, 2.24) is 4.90 Å². The number of benzene rings is 5. The minimum Gasteiger partial charge on any atom is -0.423 e. The molecule has 7 rings (SSSR count). The number of rotatable bonds is 10. The molecule has 2 aliphatic rings. The summed E-state index contributed by atoms with van der Waals surface area (Å²) >= 11 is 0. The van der Waals surface area contributed by atoms with Crippen molar-refractivity contribution >= 4 is 53.7 Å². The van der Waals surface area contributed by atoms with Gasteiger partial charge in [0.1, 0.15) is 23.0 Å². The molecule has 0 fully saturated rings. The number of esters is 4. The lowest BCUT2D eigenvalue weighted by Crippen LogP contribution is -2.53. The summed E-state index contributed by atoms with van der Waals surface area (Å²) in [4.78, 5) is 101. The third kappa shape index (κ3) is 7.00. The van der Waals surface area contributed by atoms with E-state index in [2.05, 4.69) is 0 Å². The average Bonchev–Trinajstić information content (AvgIpc) is 3.44. The smallest absolute Gasteiger partial charge is 0.343 e. The monoisotopic (exact) mass is 753 g/mol. The summed E-state index contributed by atoms with van der Waals surface area (Å²) in [6, 6.07) is 25.0. The van der Waals surface area contributed by atoms with Gasteiger partial charge in [-0.1, -0.05) is 0 Å². The molecule has 0 atom stereocenters. The number of amides is 4. The van der Waals surface area contributed by atoms with Crippen molar-refractivity contribution in [1.29, 1.82) is 0 Å². The topological polar surface area (TPSA) is 206 Å². The molecule has 2 N–H and O–H groups in total. The molecule has 15 nitrogen and oxygen atoms in total. The van der Waals surface area contributed by atoms with E-state index >= 15 is 0 Å². The fourth-order valence-corrected chi connectivity index (χ4v) is 5.78. The van der Waals surface area contributed by atoms with Gasteiger partial charge in [0.15, 0.2) is 0 Å². The quantitative estimate of drug-likeness (QED) is 0.0867. The molecule has 0 bridgehead atoms. The summed E-state index contributed by atoms with van der Waals surface area (Å²) in [5, 5.41) is 0. The zero-order valence-electron chi connectivity index (χ0n) is 29.3. The first-order chi connectivity index (χ1) is 26.7. The number of nitrogens with zero attached hydrogens (tertiary/aromatic N) is 2. The maximum absolute atomic E-state index is 12.8. The summed E-state index contributed by atoms with van der Waals surface area (Å²) < 4.78 is 21.5. The second kappa shape index (κ2) is 14.2. The molecule has 15 heteroatoms. The number of hydrogen-bond acceptors (Lipinski definition) is 13. The lowest BCUT2D eigenvalue weighted by Gasteiger charge is -2.29. The molecule has 5 aromatic rings. The lowest BCUT2D eigenvalue weighted by atomic mass is 10.0. The molecule has 0 aliphatic carbocycles. The van der Waals surface area contributed by atoms with E-state index in [9.17, 15) is 38.4 Å². The second-order valence-electron chi connectivity index (χ2n) is 13.0. The number of carbonyl (C=O) groups is 8. The van der Waals surface area contributed by atoms with Crippen LogP contribution in [0.4, 0.5) is 5.69 Å². The molecule has 4 amide bonds. The Labute approximate surface area is 316 Å². The van der Waals surface area contributed by atoms with Gasteiger partial charge < -0.3 is 24.7 Å². The van der Waals surface area contributed by atoms with Crippen LogP contribution in [0.1, 0.15) is 86.4 Å². The number of ether oxygens (including phenoxy) is 4. The first kappa shape index (κ1) is 36.6. The molecule has 0 unspecified atom stereocenters. The van der Waals surface area contributed by atoms with E-state index in [-0.39, 0.29) is 61.9 Å². The Kier molecular flexibility index (Phi) is 9.29. The fraction of sp³-hybridized carbons (Fsp3) is 0.0732. The van der Waals surface area contributed by atoms with Crippen molar-refractivity contribution in [2.45, 2.75) is 19.5 Å². The maximum Gasteiger partial charge on any atom is 0.343 e. The first-order valence-corrected chi connectivity index (χ1v) is 16.7. The van der Waals surface area contributed by atoms with Crippen molar-refractivity contribution < 1.29 is 57.3 Å². The Hall–Kier alpha value is -7.78. The van der Waals surface area contributed by atoms with Gasteiger partial charge in [-0.25, -0.2) is 24.1 Å². The Morgan fingerprint density at radius 1 is 0.500 bits per heavy atom. The van der Waals surface area contributed by atoms with Crippen LogP contribution in [-0.4, -0.2) is 58.6 Å². The van der Waals surface area contributed by atoms with Gasteiger partial charge in [0.2, 0.25) is 6.41 Å². The average molecular weight is 754 g/mol. The van der Waals surface area contributed by atoms with Crippen LogP contribution >= 0.6 is 0 Å². The van der Waals surface area contributed by atoms with E-state index in [0.717, 1.165) is 9.80 Å². The highest BCUT2D eigenvalue weighted by Gasteiger charge is 2.42. The van der Waals surface area contributed by atoms with E-state index in [1.54, 1.807) is 0 Å². The number of carbonyl (C=O) groups excluding carboxylic acids is 8. The number of hydrogen-bond donors (Lipinski definition) is 1. The first-order valence-electron chi connectivity index (χ1n) is 16.7. The summed E-state index contributed by atoms with van der Waals surface area (Å²) in [6.45, 7) is 3.04. The Morgan fingerprint density at radius 2 is 0.857 bits per heavy atom. The van der Waals surface area contributed by atoms with E-state index in [1.165, 1.54) is 123 Å². The van der Waals surface area contributed by atoms with Gasteiger partial charge in [-0.05, 0) is 123 Å². The highest BCUT2D eigenvalue weighted by Crippen LogP contribution is 2.33. The van der Waals surface area contributed by atoms with Crippen molar-refractivity contribution in [3.63, 3.8) is 0 Å². The Bertz CT molecular complexity index is 2500. The third-order valence-electron chi connectivity index (χ3n) is 8.59. The molecule has 0 saturated carbocycles. The van der Waals surface area contributed by atoms with Crippen molar-refractivity contribution in [2.24, 2.45) is 5.73 Å². The molecule has 0 spiro atoms. The van der Waals surface area contributed by atoms with Crippen molar-refractivity contribution in [2.75, 3.05) is 4.90 Å². The van der Waals surface area contributed by atoms with Crippen LogP contribution in [0, 0.1) is 0 Å². The van der Waals surface area contributed by atoms with E-state index in [0.29, 0.717) is 12.1 Å². The minimum atomic E-state index is -1.24. The highest BCUT2D eigenvalue weighted by atomic mass is 16.5. The summed E-state index contributed by atoms with van der Waals surface area (Å²) in [5.41, 5.74) is 5.95. The van der Waals surface area contributed by atoms with Gasteiger partial charge in [0.05, 0.1) is 50.3 Å². The largest absolute Gasteiger partial charge is 0.423 e. The van der Waals surface area contributed by atoms with Crippen LogP contribution in [0.2, 0.25) is 0 Å². The molecule has 2 heterocycles. The second-order valence-corrected chi connectivity index (χ2v) is 13.0. The van der Waals surface area contributed by atoms with Crippen LogP contribution in [0.5, 0.6) is 23.0 Å². The van der Waals surface area contributed by atoms with E-state index in [1.807, 2.05) is 0 Å². The molecular formula is C41H27N3O12. The van der Waals surface area contributed by atoms with Gasteiger partial charge in [0.25, 0.3) is 17.7 Å². The molecule has 2 aliphatic heterocycles. The highest BCUT2D eigenvalue weighted by molar-refractivity contribution is 6.28. The standard InChI is InChI=1S/C41H27N3O12/c1-41(2,42)44-35(47)30-17-7-24(19-31(30)36(44)48)39(51)55-26-9-3-22(4-10-26)37(49)53-28-13-15-29(16-14-28)54-38(50)23-5-11-27(12-6-23)56-40(52)25-8-18-33-32(20-25)34(46)43(33)21-45/h3-21H,42H2,1-2H3. The summed E-state index contributed by atoms with van der Waals surface area (Å²) in [7, 11) is 0. The number of nitrogens with two attached hydrogens (primary N) is 1. The van der Waals surface area contributed by atoms with Gasteiger partial charge in [-0.3, -0.25) is 24.1 Å². The molecule has 56 heavy (non-hydrogen) atoms. The number of anilines is 1. The third-order valence-corrected chi connectivity index (χ3v) is 8.59. The van der Waals surface area contributed by atoms with Crippen LogP contribution in [0.15, 0.2) is 109 Å². The molecular weight excluding hydrogens is 726 g/mol. The number of imide groups is 2. The van der Waals surface area contributed by atoms with Gasteiger partial charge in [-0.15, -0.1) is 0 Å². The van der Waals surface area contributed by atoms with E-state index in [4.69, 9.17) is 24.7 Å².